The van der Waals surface area contributed by atoms with Crippen LogP contribution in [0.25, 0.3) is 0 Å². The Balaban J connectivity index is 3.68. The lowest BCUT2D eigenvalue weighted by molar-refractivity contribution is 0.107. The quantitative estimate of drug-likeness (QED) is 0.527. The molecule has 1 rings (SSSR count). The maximum Gasteiger partial charge on any atom is 0.255 e. The van der Waals surface area contributed by atoms with Crippen LogP contribution in [0.2, 0.25) is 0 Å². The molecule has 76 valence electrons. The van der Waals surface area contributed by atoms with Crippen LogP contribution in [-0.4, -0.2) is 5.24 Å². The summed E-state index contributed by atoms with van der Waals surface area (Å²) in [5.41, 5.74) is -1.56. The highest BCUT2D eigenvalue weighted by Gasteiger charge is 2.23. The number of carbonyl (C=O) groups is 1. The minimum absolute atomic E-state index is 0.411. The zero-order valence-electron chi connectivity index (χ0n) is 7.42. The Morgan fingerprint density at radius 3 is 1.86 bits per heavy atom. The molecule has 0 bridgehead atoms. The maximum absolute atomic E-state index is 13.2. The van der Waals surface area contributed by atoms with Crippen molar-refractivity contribution >= 4 is 16.8 Å². The molecule has 5 heteroatoms. The summed E-state index contributed by atoms with van der Waals surface area (Å²) in [5.74, 6) is -3.64. The Hall–Kier alpha value is -1.03. The van der Waals surface area contributed by atoms with Crippen LogP contribution >= 0.6 is 11.6 Å². The summed E-state index contributed by atoms with van der Waals surface area (Å²) in [4.78, 5) is 10.7. The fourth-order valence-electron chi connectivity index (χ4n) is 1.12. The number of rotatable bonds is 1. The van der Waals surface area contributed by atoms with Gasteiger partial charge in [0, 0.05) is 11.1 Å². The second kappa shape index (κ2) is 3.61. The lowest BCUT2D eigenvalue weighted by atomic mass is 10.0. The zero-order chi connectivity index (χ0) is 11.0. The van der Waals surface area contributed by atoms with Crippen LogP contribution in [0.1, 0.15) is 21.5 Å². The molecule has 0 spiro atoms. The molecule has 1 nitrogen and oxygen atoms in total. The van der Waals surface area contributed by atoms with Gasteiger partial charge in [0.1, 0.15) is 5.82 Å². The molecule has 0 radical (unpaired) electrons. The van der Waals surface area contributed by atoms with Crippen LogP contribution in [0.15, 0.2) is 0 Å². The topological polar surface area (TPSA) is 17.1 Å². The Kier molecular flexibility index (Phi) is 2.85. The van der Waals surface area contributed by atoms with Crippen molar-refractivity contribution in [3.63, 3.8) is 0 Å². The maximum atomic E-state index is 13.2. The van der Waals surface area contributed by atoms with E-state index in [9.17, 15) is 18.0 Å². The first-order valence-corrected chi connectivity index (χ1v) is 4.09. The van der Waals surface area contributed by atoms with E-state index in [2.05, 4.69) is 0 Å². The average Bonchev–Trinajstić information content (AvgIpc) is 2.11. The van der Waals surface area contributed by atoms with Gasteiger partial charge >= 0.3 is 0 Å². The van der Waals surface area contributed by atoms with Gasteiger partial charge in [0.2, 0.25) is 0 Å². The normalized spacial score (nSPS) is 10.4. The summed E-state index contributed by atoms with van der Waals surface area (Å²) in [7, 11) is 0. The molecule has 0 saturated heterocycles. The van der Waals surface area contributed by atoms with E-state index in [1.165, 1.54) is 0 Å². The van der Waals surface area contributed by atoms with Crippen molar-refractivity contribution in [2.24, 2.45) is 0 Å². The Bertz CT molecular complexity index is 386. The molecule has 0 aliphatic heterocycles. The highest BCUT2D eigenvalue weighted by Crippen LogP contribution is 2.25. The molecule has 0 heterocycles. The molecule has 0 saturated carbocycles. The van der Waals surface area contributed by atoms with Gasteiger partial charge < -0.3 is 0 Å². The number of benzene rings is 1. The van der Waals surface area contributed by atoms with Gasteiger partial charge in [0.15, 0.2) is 11.6 Å². The second-order valence-corrected chi connectivity index (χ2v) is 3.18. The molecule has 0 atom stereocenters. The van der Waals surface area contributed by atoms with Gasteiger partial charge in [-0.2, -0.15) is 0 Å². The third-order valence-corrected chi connectivity index (χ3v) is 2.16. The van der Waals surface area contributed by atoms with Gasteiger partial charge in [-0.1, -0.05) is 0 Å². The lowest BCUT2D eigenvalue weighted by Gasteiger charge is -2.08. The van der Waals surface area contributed by atoms with Crippen LogP contribution in [0.3, 0.4) is 0 Å². The zero-order valence-corrected chi connectivity index (χ0v) is 8.18. The van der Waals surface area contributed by atoms with Crippen molar-refractivity contribution in [3.05, 3.63) is 34.1 Å². The van der Waals surface area contributed by atoms with Gasteiger partial charge in [0.05, 0.1) is 5.56 Å². The third kappa shape index (κ3) is 1.50. The fraction of sp³-hybridized carbons (Fsp3) is 0.222. The summed E-state index contributed by atoms with van der Waals surface area (Å²) in [6.45, 7) is 2.13. The number of halogens is 4. The minimum Gasteiger partial charge on any atom is -0.275 e. The molecule has 1 aromatic carbocycles. The van der Waals surface area contributed by atoms with Crippen molar-refractivity contribution in [1.82, 2.24) is 0 Å². The van der Waals surface area contributed by atoms with E-state index in [0.717, 1.165) is 13.8 Å². The van der Waals surface area contributed by atoms with E-state index in [0.29, 0.717) is 0 Å². The molecule has 0 unspecified atom stereocenters. The summed E-state index contributed by atoms with van der Waals surface area (Å²) >= 11 is 5.04. The molecule has 14 heavy (non-hydrogen) atoms. The molecule has 1 aromatic rings. The fourth-order valence-corrected chi connectivity index (χ4v) is 1.35. The molecular weight excluding hydrogens is 217 g/mol. The van der Waals surface area contributed by atoms with Crippen molar-refractivity contribution < 1.29 is 18.0 Å². The molecular formula is C9H6ClF3O. The molecule has 0 N–H and O–H groups in total. The molecule has 0 amide bonds. The lowest BCUT2D eigenvalue weighted by Crippen LogP contribution is -2.07. The minimum atomic E-state index is -1.29. The summed E-state index contributed by atoms with van der Waals surface area (Å²) in [6, 6.07) is 0. The van der Waals surface area contributed by atoms with Gasteiger partial charge in [-0.05, 0) is 25.4 Å². The van der Waals surface area contributed by atoms with Gasteiger partial charge in [-0.25, -0.2) is 13.2 Å². The van der Waals surface area contributed by atoms with Gasteiger partial charge in [-0.3, -0.25) is 4.79 Å². The summed E-state index contributed by atoms with van der Waals surface area (Å²) in [5, 5.41) is -1.14. The molecule has 0 fully saturated rings. The summed E-state index contributed by atoms with van der Waals surface area (Å²) in [6.07, 6.45) is 0. The predicted octanol–water partition coefficient (Wildman–Crippen LogP) is 3.10. The van der Waals surface area contributed by atoms with E-state index in [1.807, 2.05) is 0 Å². The smallest absolute Gasteiger partial charge is 0.255 e. The predicted molar refractivity (Wildman–Crippen MR) is 46.0 cm³/mol. The van der Waals surface area contributed by atoms with E-state index >= 15 is 0 Å². The van der Waals surface area contributed by atoms with Crippen LogP contribution in [0, 0.1) is 31.3 Å². The third-order valence-electron chi connectivity index (χ3n) is 1.97. The molecule has 0 aromatic heterocycles. The Morgan fingerprint density at radius 2 is 1.43 bits per heavy atom. The number of carbonyl (C=O) groups excluding carboxylic acids is 1. The first-order valence-electron chi connectivity index (χ1n) is 3.71. The van der Waals surface area contributed by atoms with Crippen LogP contribution in [0.4, 0.5) is 13.2 Å². The van der Waals surface area contributed by atoms with Crippen molar-refractivity contribution in [3.8, 4) is 0 Å². The van der Waals surface area contributed by atoms with Crippen molar-refractivity contribution in [2.45, 2.75) is 13.8 Å². The van der Waals surface area contributed by atoms with Crippen molar-refractivity contribution in [1.29, 1.82) is 0 Å². The van der Waals surface area contributed by atoms with Crippen LogP contribution in [0.5, 0.6) is 0 Å². The Morgan fingerprint density at radius 1 is 1.00 bits per heavy atom. The van der Waals surface area contributed by atoms with Gasteiger partial charge in [0.25, 0.3) is 5.24 Å². The second-order valence-electron chi connectivity index (χ2n) is 2.84. The highest BCUT2D eigenvalue weighted by atomic mass is 35.5. The highest BCUT2D eigenvalue weighted by molar-refractivity contribution is 6.68. The van der Waals surface area contributed by atoms with E-state index in [4.69, 9.17) is 11.6 Å². The van der Waals surface area contributed by atoms with Crippen LogP contribution < -0.4 is 0 Å². The monoisotopic (exact) mass is 222 g/mol. The summed E-state index contributed by atoms with van der Waals surface area (Å²) < 4.78 is 39.2. The number of hydrogen-bond acceptors (Lipinski definition) is 1. The number of hydrogen-bond donors (Lipinski definition) is 0. The van der Waals surface area contributed by atoms with Gasteiger partial charge in [-0.15, -0.1) is 0 Å². The van der Waals surface area contributed by atoms with E-state index in [1.54, 1.807) is 0 Å². The molecule has 0 aliphatic rings. The first-order chi connectivity index (χ1) is 6.37. The van der Waals surface area contributed by atoms with E-state index in [-0.39, 0.29) is 0 Å². The first kappa shape index (κ1) is 11.0. The SMILES string of the molecule is Cc1c(F)c(F)c(C)c(C(=O)Cl)c1F. The Labute approximate surface area is 83.5 Å². The van der Waals surface area contributed by atoms with E-state index < -0.39 is 39.4 Å². The average molecular weight is 223 g/mol. The molecule has 0 aliphatic carbocycles. The van der Waals surface area contributed by atoms with Crippen LogP contribution in [-0.2, 0) is 0 Å². The van der Waals surface area contributed by atoms with Crippen molar-refractivity contribution in [2.75, 3.05) is 0 Å². The largest absolute Gasteiger partial charge is 0.275 e. The standard InChI is InChI=1S/C9H6ClF3O/c1-3-5(9(10)14)6(11)4(2)8(13)7(3)12/h1-2H3.